The summed E-state index contributed by atoms with van der Waals surface area (Å²) in [6.07, 6.45) is 0.468. The van der Waals surface area contributed by atoms with Crippen molar-refractivity contribution >= 4 is 0 Å². The Hall–Kier alpha value is -0.580. The summed E-state index contributed by atoms with van der Waals surface area (Å²) in [7, 11) is 0. The van der Waals surface area contributed by atoms with Gasteiger partial charge in [0.05, 0.1) is 25.4 Å². The summed E-state index contributed by atoms with van der Waals surface area (Å²) < 4.78 is 11.9. The van der Waals surface area contributed by atoms with Crippen LogP contribution in [0.15, 0.2) is 11.6 Å². The predicted octanol–water partition coefficient (Wildman–Crippen LogP) is 1.10. The molecular weight excluding hydrogens is 440 g/mol. The average molecular weight is 485 g/mol. The Kier molecular flexibility index (Phi) is 7.30. The maximum atomic E-state index is 10.5. The van der Waals surface area contributed by atoms with E-state index in [1.807, 2.05) is 6.92 Å². The lowest BCUT2D eigenvalue weighted by molar-refractivity contribution is -0.327. The van der Waals surface area contributed by atoms with E-state index >= 15 is 0 Å². The minimum Gasteiger partial charge on any atom is -0.394 e. The number of hydrogen-bond acceptors (Lipinski definition) is 8. The average Bonchev–Trinajstić information content (AvgIpc) is 2.80. The molecule has 196 valence electrons. The van der Waals surface area contributed by atoms with Gasteiger partial charge in [0.15, 0.2) is 6.29 Å². The van der Waals surface area contributed by atoms with Crippen molar-refractivity contribution in [3.8, 4) is 0 Å². The van der Waals surface area contributed by atoms with Crippen molar-refractivity contribution in [3.05, 3.63) is 11.6 Å². The lowest BCUT2D eigenvalue weighted by atomic mass is 9.45. The fourth-order valence-corrected chi connectivity index (χ4v) is 7.79. The highest BCUT2D eigenvalue weighted by molar-refractivity contribution is 5.25. The molecule has 6 N–H and O–H groups in total. The third kappa shape index (κ3) is 4.18. The molecule has 0 spiro atoms. The summed E-state index contributed by atoms with van der Waals surface area (Å²) in [6.45, 7) is 8.14. The van der Waals surface area contributed by atoms with E-state index in [1.165, 1.54) is 5.57 Å². The van der Waals surface area contributed by atoms with Gasteiger partial charge < -0.3 is 40.1 Å². The molecule has 11 atom stereocenters. The van der Waals surface area contributed by atoms with E-state index in [0.29, 0.717) is 11.8 Å². The normalized spacial score (nSPS) is 49.5. The van der Waals surface area contributed by atoms with Crippen LogP contribution in [-0.2, 0) is 9.47 Å². The topological polar surface area (TPSA) is 140 Å². The monoisotopic (exact) mass is 484 g/mol. The molecule has 0 aromatic rings. The van der Waals surface area contributed by atoms with E-state index < -0.39 is 43.4 Å². The van der Waals surface area contributed by atoms with Crippen molar-refractivity contribution in [1.82, 2.24) is 0 Å². The maximum absolute atomic E-state index is 10.5. The Balaban J connectivity index is 1.53. The summed E-state index contributed by atoms with van der Waals surface area (Å²) >= 11 is 0. The van der Waals surface area contributed by atoms with E-state index in [9.17, 15) is 30.6 Å². The smallest absolute Gasteiger partial charge is 0.186 e. The van der Waals surface area contributed by atoms with Gasteiger partial charge in [0.2, 0.25) is 0 Å². The van der Waals surface area contributed by atoms with Gasteiger partial charge >= 0.3 is 0 Å². The molecule has 0 amide bonds. The molecule has 0 radical (unpaired) electrons. The van der Waals surface area contributed by atoms with Crippen LogP contribution < -0.4 is 0 Å². The molecule has 4 aliphatic rings. The molecular formula is C26H44O8. The Labute approximate surface area is 202 Å². The molecule has 2 saturated carbocycles. The van der Waals surface area contributed by atoms with Gasteiger partial charge in [0.25, 0.3) is 0 Å². The van der Waals surface area contributed by atoms with E-state index in [2.05, 4.69) is 26.8 Å². The Morgan fingerprint density at radius 2 is 1.71 bits per heavy atom. The number of hydrogen-bond donors (Lipinski definition) is 6. The standard InChI is InChI=1S/C26H44O8/c1-24(2)17-6-5-14-11-25(3,18(29)13-28)9-7-15(14)26(17,4)10-8-19(24)34-23-22(32)21(31)20(30)16(12-27)33-23/h11,15-23,27-32H,5-10,12-13H2,1-4H3/t15-,16-,17-,18+,19-,20-,21+,22-,23-,25+,26+/m1/s1. The van der Waals surface area contributed by atoms with Gasteiger partial charge in [-0.05, 0) is 61.2 Å². The summed E-state index contributed by atoms with van der Waals surface area (Å²) in [5.74, 6) is 0.801. The highest BCUT2D eigenvalue weighted by Crippen LogP contribution is 2.64. The predicted molar refractivity (Wildman–Crippen MR) is 124 cm³/mol. The molecule has 0 bridgehead atoms. The number of allylic oxidation sites excluding steroid dienone is 1. The largest absolute Gasteiger partial charge is 0.394 e. The first-order valence-electron chi connectivity index (χ1n) is 12.9. The van der Waals surface area contributed by atoms with Crippen LogP contribution >= 0.6 is 0 Å². The van der Waals surface area contributed by atoms with Crippen molar-refractivity contribution in [3.63, 3.8) is 0 Å². The lowest BCUT2D eigenvalue weighted by Gasteiger charge is -2.62. The zero-order valence-corrected chi connectivity index (χ0v) is 20.9. The zero-order chi connectivity index (χ0) is 25.1. The molecule has 0 unspecified atom stereocenters. The maximum Gasteiger partial charge on any atom is 0.186 e. The van der Waals surface area contributed by atoms with Crippen LogP contribution in [0.2, 0.25) is 0 Å². The highest BCUT2D eigenvalue weighted by atomic mass is 16.7. The summed E-state index contributed by atoms with van der Waals surface area (Å²) in [4.78, 5) is 0. The van der Waals surface area contributed by atoms with Gasteiger partial charge in [-0.1, -0.05) is 39.3 Å². The molecule has 1 saturated heterocycles. The first-order valence-corrected chi connectivity index (χ1v) is 12.9. The van der Waals surface area contributed by atoms with Gasteiger partial charge in [-0.25, -0.2) is 0 Å². The van der Waals surface area contributed by atoms with Gasteiger partial charge in [0.1, 0.15) is 24.4 Å². The highest BCUT2D eigenvalue weighted by Gasteiger charge is 2.59. The number of ether oxygens (including phenoxy) is 2. The molecule has 34 heavy (non-hydrogen) atoms. The molecule has 4 rings (SSSR count). The number of fused-ring (bicyclic) bond motifs is 3. The minimum atomic E-state index is -1.44. The molecule has 8 heteroatoms. The number of aliphatic hydroxyl groups excluding tert-OH is 6. The van der Waals surface area contributed by atoms with E-state index in [-0.39, 0.29) is 29.0 Å². The van der Waals surface area contributed by atoms with Gasteiger partial charge in [-0.3, -0.25) is 0 Å². The molecule has 8 nitrogen and oxygen atoms in total. The van der Waals surface area contributed by atoms with Crippen molar-refractivity contribution in [2.75, 3.05) is 13.2 Å². The number of rotatable bonds is 5. The van der Waals surface area contributed by atoms with Crippen LogP contribution in [0.3, 0.4) is 0 Å². The summed E-state index contributed by atoms with van der Waals surface area (Å²) in [5.41, 5.74) is 0.879. The third-order valence-corrected chi connectivity index (χ3v) is 10.0. The molecule has 0 aromatic heterocycles. The van der Waals surface area contributed by atoms with E-state index in [0.717, 1.165) is 38.5 Å². The fourth-order valence-electron chi connectivity index (χ4n) is 7.79. The van der Waals surface area contributed by atoms with E-state index in [4.69, 9.17) is 9.47 Å². The quantitative estimate of drug-likeness (QED) is 0.252. The van der Waals surface area contributed by atoms with Crippen LogP contribution in [0.4, 0.5) is 0 Å². The lowest BCUT2D eigenvalue weighted by Crippen LogP contribution is -2.62. The second-order valence-corrected chi connectivity index (χ2v) is 12.3. The SMILES string of the molecule is CC1(C)[C@H]2CCC3=C[C@@](C)([C@@H](O)CO)CC[C@H]3[C@]2(C)CC[C@H]1O[C@H]1O[C@H](CO)[C@@H](O)[C@H](O)[C@H]1O. The van der Waals surface area contributed by atoms with Crippen molar-refractivity contribution < 1.29 is 40.1 Å². The van der Waals surface area contributed by atoms with Gasteiger partial charge in [-0.2, -0.15) is 0 Å². The number of aliphatic hydroxyl groups is 6. The molecule has 0 aromatic carbocycles. The Bertz CT molecular complexity index is 768. The molecule has 3 fully saturated rings. The van der Waals surface area contributed by atoms with Crippen molar-refractivity contribution in [1.29, 1.82) is 0 Å². The van der Waals surface area contributed by atoms with E-state index in [1.54, 1.807) is 0 Å². The fraction of sp³-hybridized carbons (Fsp3) is 0.923. The van der Waals surface area contributed by atoms with Crippen molar-refractivity contribution in [2.24, 2.45) is 28.1 Å². The molecule has 3 aliphatic carbocycles. The zero-order valence-electron chi connectivity index (χ0n) is 20.9. The first-order chi connectivity index (χ1) is 15.9. The van der Waals surface area contributed by atoms with Gasteiger partial charge in [-0.15, -0.1) is 0 Å². The van der Waals surface area contributed by atoms with Crippen LogP contribution in [-0.4, -0.2) is 86.8 Å². The molecule has 1 heterocycles. The summed E-state index contributed by atoms with van der Waals surface area (Å²) in [5, 5.41) is 60.2. The second kappa shape index (κ2) is 9.38. The Morgan fingerprint density at radius 3 is 2.35 bits per heavy atom. The third-order valence-electron chi connectivity index (χ3n) is 10.0. The van der Waals surface area contributed by atoms with Gasteiger partial charge in [0, 0.05) is 5.41 Å². The van der Waals surface area contributed by atoms with Crippen LogP contribution in [0.5, 0.6) is 0 Å². The first kappa shape index (κ1) is 26.5. The summed E-state index contributed by atoms with van der Waals surface area (Å²) in [6, 6.07) is 0. The van der Waals surface area contributed by atoms with Crippen LogP contribution in [0.1, 0.15) is 66.2 Å². The molecule has 1 aliphatic heterocycles. The second-order valence-electron chi connectivity index (χ2n) is 12.3. The van der Waals surface area contributed by atoms with Crippen molar-refractivity contribution in [2.45, 2.75) is 109 Å². The van der Waals surface area contributed by atoms with Crippen LogP contribution in [0.25, 0.3) is 0 Å². The minimum absolute atomic E-state index is 0.0777. The van der Waals surface area contributed by atoms with Crippen LogP contribution in [0, 0.1) is 28.1 Å². The Morgan fingerprint density at radius 1 is 1.00 bits per heavy atom.